The van der Waals surface area contributed by atoms with E-state index in [1.165, 1.54) is 29.2 Å². The highest BCUT2D eigenvalue weighted by Gasteiger charge is 2.42. The van der Waals surface area contributed by atoms with E-state index in [1.54, 1.807) is 0 Å². The van der Waals surface area contributed by atoms with Gasteiger partial charge in [0.25, 0.3) is 11.8 Å². The lowest BCUT2D eigenvalue weighted by Crippen LogP contribution is -2.58. The first kappa shape index (κ1) is 28.3. The number of nitrogens with one attached hydrogen (secondary N) is 2. The Hall–Kier alpha value is -2.74. The molecule has 1 atom stereocenters. The molecule has 1 saturated heterocycles. The zero-order valence-corrected chi connectivity index (χ0v) is 21.6. The number of ether oxygens (including phenoxy) is 1. The highest BCUT2D eigenvalue weighted by molar-refractivity contribution is 7.18. The molecule has 2 aliphatic rings. The first-order valence-electron chi connectivity index (χ1n) is 11.9. The minimum absolute atomic E-state index is 0.00103. The number of benzene rings is 1. The second kappa shape index (κ2) is 12.0. The highest BCUT2D eigenvalue weighted by Crippen LogP contribution is 2.31. The molecule has 0 bridgehead atoms. The predicted octanol–water partition coefficient (Wildman–Crippen LogP) is 4.06. The summed E-state index contributed by atoms with van der Waals surface area (Å²) < 4.78 is 60.7. The van der Waals surface area contributed by atoms with Crippen LogP contribution in [-0.2, 0) is 14.3 Å². The summed E-state index contributed by atoms with van der Waals surface area (Å²) >= 11 is 6.86. The molecule has 1 aromatic heterocycles. The normalized spacial score (nSPS) is 17.3. The van der Waals surface area contributed by atoms with Gasteiger partial charge in [0.15, 0.2) is 0 Å². The summed E-state index contributed by atoms with van der Waals surface area (Å²) in [7, 11) is 0. The molecule has 2 N–H and O–H groups in total. The van der Waals surface area contributed by atoms with Gasteiger partial charge >= 0.3 is 6.18 Å². The summed E-state index contributed by atoms with van der Waals surface area (Å²) in [6.07, 6.45) is -2.91. The molecule has 2 fully saturated rings. The van der Waals surface area contributed by atoms with Crippen molar-refractivity contribution in [3.63, 3.8) is 0 Å². The van der Waals surface area contributed by atoms with E-state index >= 15 is 0 Å². The van der Waals surface area contributed by atoms with E-state index in [9.17, 15) is 31.9 Å². The maximum absolute atomic E-state index is 14.9. The van der Waals surface area contributed by atoms with E-state index in [-0.39, 0.29) is 36.0 Å². The standard InChI is InChI=1S/C24H25ClF4N4O4S/c25-20-7-6-19(38-20)23(36)30-11-18(33(13-24(27,28)29)15-2-1-3-15)22(35)31-14-4-5-17(16(26)10-14)32-8-9-37-12-21(32)34/h4-7,10,15,18H,1-3,8-9,11-13H2,(H,30,36)(H,31,35)/t18-/m1/s1. The van der Waals surface area contributed by atoms with Crippen molar-refractivity contribution in [3.8, 4) is 0 Å². The van der Waals surface area contributed by atoms with Gasteiger partial charge in [-0.15, -0.1) is 11.3 Å². The molecule has 0 radical (unpaired) electrons. The Morgan fingerprint density at radius 2 is 2.00 bits per heavy atom. The van der Waals surface area contributed by atoms with Gasteiger partial charge in [-0.25, -0.2) is 4.39 Å². The van der Waals surface area contributed by atoms with Crippen LogP contribution in [0, 0.1) is 5.82 Å². The molecule has 1 aliphatic heterocycles. The second-order valence-electron chi connectivity index (χ2n) is 8.96. The minimum Gasteiger partial charge on any atom is -0.370 e. The molecule has 1 aromatic carbocycles. The maximum Gasteiger partial charge on any atom is 0.401 e. The van der Waals surface area contributed by atoms with Gasteiger partial charge in [-0.1, -0.05) is 18.0 Å². The molecule has 8 nitrogen and oxygen atoms in total. The van der Waals surface area contributed by atoms with Gasteiger partial charge in [-0.05, 0) is 43.2 Å². The summed E-state index contributed by atoms with van der Waals surface area (Å²) in [5.41, 5.74) is 0.00165. The fourth-order valence-electron chi connectivity index (χ4n) is 4.29. The van der Waals surface area contributed by atoms with Gasteiger partial charge in [0.05, 0.1) is 28.1 Å². The minimum atomic E-state index is -4.59. The number of amides is 3. The third kappa shape index (κ3) is 7.01. The smallest absolute Gasteiger partial charge is 0.370 e. The number of carbonyl (C=O) groups excluding carboxylic acids is 3. The number of nitrogens with zero attached hydrogens (tertiary/aromatic N) is 2. The molecular weight excluding hydrogens is 552 g/mol. The van der Waals surface area contributed by atoms with Crippen LogP contribution in [0.5, 0.6) is 0 Å². The van der Waals surface area contributed by atoms with Crippen LogP contribution in [0.25, 0.3) is 0 Å². The molecule has 0 unspecified atom stereocenters. The van der Waals surface area contributed by atoms with Crippen molar-refractivity contribution in [1.82, 2.24) is 10.2 Å². The molecule has 14 heteroatoms. The van der Waals surface area contributed by atoms with Crippen LogP contribution in [0.4, 0.5) is 28.9 Å². The lowest BCUT2D eigenvalue weighted by atomic mass is 9.90. The van der Waals surface area contributed by atoms with Crippen LogP contribution in [0.15, 0.2) is 30.3 Å². The summed E-state index contributed by atoms with van der Waals surface area (Å²) in [6.45, 7) is -1.53. The third-order valence-corrected chi connectivity index (χ3v) is 7.58. The SMILES string of the molecule is O=C(NC[C@H](C(=O)Nc1ccc(N2CCOCC2=O)c(F)c1)N(CC(F)(F)F)C1CCC1)c1ccc(Cl)s1. The van der Waals surface area contributed by atoms with Gasteiger partial charge < -0.3 is 20.3 Å². The first-order valence-corrected chi connectivity index (χ1v) is 13.1. The Labute approximate surface area is 224 Å². The lowest BCUT2D eigenvalue weighted by Gasteiger charge is -2.42. The summed E-state index contributed by atoms with van der Waals surface area (Å²) in [6, 6.07) is 4.77. The topological polar surface area (TPSA) is 91.0 Å². The van der Waals surface area contributed by atoms with Crippen LogP contribution in [0.3, 0.4) is 0 Å². The number of rotatable bonds is 9. The number of hydrogen-bond acceptors (Lipinski definition) is 6. The summed E-state index contributed by atoms with van der Waals surface area (Å²) in [5, 5.41) is 5.00. The number of morpholine rings is 1. The highest BCUT2D eigenvalue weighted by atomic mass is 35.5. The Bertz CT molecular complexity index is 1190. The molecule has 1 saturated carbocycles. The first-order chi connectivity index (χ1) is 18.0. The van der Waals surface area contributed by atoms with Crippen molar-refractivity contribution >= 4 is 52.0 Å². The number of hydrogen-bond donors (Lipinski definition) is 2. The van der Waals surface area contributed by atoms with Crippen molar-refractivity contribution in [2.75, 3.05) is 43.1 Å². The predicted molar refractivity (Wildman–Crippen MR) is 134 cm³/mol. The molecule has 3 amide bonds. The van der Waals surface area contributed by atoms with Crippen molar-refractivity contribution in [3.05, 3.63) is 45.4 Å². The Morgan fingerprint density at radius 3 is 2.58 bits per heavy atom. The average Bonchev–Trinajstić information content (AvgIpc) is 3.24. The van der Waals surface area contributed by atoms with Gasteiger partial charge in [0.1, 0.15) is 18.5 Å². The quantitative estimate of drug-likeness (QED) is 0.440. The van der Waals surface area contributed by atoms with Gasteiger partial charge in [-0.3, -0.25) is 19.3 Å². The molecule has 1 aliphatic carbocycles. The number of alkyl halides is 3. The van der Waals surface area contributed by atoms with E-state index in [0.717, 1.165) is 28.7 Å². The number of carbonyl (C=O) groups is 3. The summed E-state index contributed by atoms with van der Waals surface area (Å²) in [4.78, 5) is 40.4. The molecule has 2 aromatic rings. The maximum atomic E-state index is 14.9. The van der Waals surface area contributed by atoms with Gasteiger partial charge in [0, 0.05) is 24.8 Å². The van der Waals surface area contributed by atoms with E-state index in [4.69, 9.17) is 16.3 Å². The second-order valence-corrected chi connectivity index (χ2v) is 10.7. The third-order valence-electron chi connectivity index (χ3n) is 6.35. The average molecular weight is 577 g/mol. The van der Waals surface area contributed by atoms with E-state index in [2.05, 4.69) is 10.6 Å². The molecule has 0 spiro atoms. The van der Waals surface area contributed by atoms with Crippen LogP contribution in [0.2, 0.25) is 4.34 Å². The van der Waals surface area contributed by atoms with E-state index < -0.39 is 54.9 Å². The fraction of sp³-hybridized carbons (Fsp3) is 0.458. The molecule has 38 heavy (non-hydrogen) atoms. The molecule has 206 valence electrons. The number of thiophene rings is 1. The van der Waals surface area contributed by atoms with Crippen LogP contribution in [0.1, 0.15) is 28.9 Å². The molecular formula is C24H25ClF4N4O4S. The largest absolute Gasteiger partial charge is 0.401 e. The van der Waals surface area contributed by atoms with Crippen LogP contribution in [-0.4, -0.2) is 73.7 Å². The monoisotopic (exact) mass is 576 g/mol. The zero-order chi connectivity index (χ0) is 27.4. The van der Waals surface area contributed by atoms with E-state index in [0.29, 0.717) is 17.2 Å². The fourth-order valence-corrected chi connectivity index (χ4v) is 5.25. The van der Waals surface area contributed by atoms with Gasteiger partial charge in [-0.2, -0.15) is 13.2 Å². The van der Waals surface area contributed by atoms with Crippen LogP contribution >= 0.6 is 22.9 Å². The Balaban J connectivity index is 1.53. The number of anilines is 2. The Morgan fingerprint density at radius 1 is 1.24 bits per heavy atom. The number of halogens is 5. The zero-order valence-electron chi connectivity index (χ0n) is 20.0. The van der Waals surface area contributed by atoms with Crippen molar-refractivity contribution in [1.29, 1.82) is 0 Å². The summed E-state index contributed by atoms with van der Waals surface area (Å²) in [5.74, 6) is -2.62. The van der Waals surface area contributed by atoms with E-state index in [1.807, 2.05) is 0 Å². The van der Waals surface area contributed by atoms with Crippen LogP contribution < -0.4 is 15.5 Å². The Kier molecular flexibility index (Phi) is 8.91. The molecule has 2 heterocycles. The molecule has 4 rings (SSSR count). The van der Waals surface area contributed by atoms with Crippen molar-refractivity contribution in [2.24, 2.45) is 0 Å². The van der Waals surface area contributed by atoms with Crippen molar-refractivity contribution in [2.45, 2.75) is 37.5 Å². The van der Waals surface area contributed by atoms with Gasteiger partial charge in [0.2, 0.25) is 5.91 Å². The van der Waals surface area contributed by atoms with Crippen molar-refractivity contribution < 1.29 is 36.7 Å². The lowest BCUT2D eigenvalue weighted by molar-refractivity contribution is -0.163.